The molecule has 2 aromatic heterocycles. The smallest absolute Gasteiger partial charge is 0.255 e. The molecular weight excluding hydrogens is 417 g/mol. The Morgan fingerprint density at radius 2 is 1.70 bits per heavy atom. The second kappa shape index (κ2) is 9.51. The van der Waals surface area contributed by atoms with E-state index in [0.29, 0.717) is 17.3 Å². The molecule has 1 aromatic carbocycles. The third-order valence-electron chi connectivity index (χ3n) is 7.07. The van der Waals surface area contributed by atoms with E-state index in [1.165, 1.54) is 31.4 Å². The molecule has 2 aliphatic carbocycles. The second-order valence-corrected chi connectivity index (χ2v) is 9.50. The molecule has 0 saturated heterocycles. The Hall–Kier alpha value is -2.93. The van der Waals surface area contributed by atoms with Gasteiger partial charge in [0, 0.05) is 29.9 Å². The molecule has 0 aliphatic heterocycles. The molecule has 2 aliphatic rings. The number of rotatable bonds is 5. The Balaban J connectivity index is 1.51. The number of fused-ring (bicyclic) bond motifs is 1. The van der Waals surface area contributed by atoms with Crippen molar-refractivity contribution >= 4 is 17.4 Å². The highest BCUT2D eigenvalue weighted by Gasteiger charge is 2.25. The molecule has 2 heterocycles. The zero-order valence-corrected chi connectivity index (χ0v) is 18.9. The maximum atomic E-state index is 13.6. The zero-order valence-electron chi connectivity index (χ0n) is 18.9. The molecule has 0 bridgehead atoms. The van der Waals surface area contributed by atoms with Gasteiger partial charge >= 0.3 is 0 Å². The normalized spacial score (nSPS) is 21.8. The lowest BCUT2D eigenvalue weighted by molar-refractivity contribution is 0.0927. The Morgan fingerprint density at radius 3 is 2.42 bits per heavy atom. The van der Waals surface area contributed by atoms with Crippen LogP contribution in [0, 0.1) is 5.82 Å². The van der Waals surface area contributed by atoms with E-state index >= 15 is 0 Å². The van der Waals surface area contributed by atoms with Crippen LogP contribution < -0.4 is 16.4 Å². The summed E-state index contributed by atoms with van der Waals surface area (Å²) in [5, 5.41) is 6.89. The van der Waals surface area contributed by atoms with Gasteiger partial charge in [0.2, 0.25) is 0 Å². The predicted molar refractivity (Wildman–Crippen MR) is 129 cm³/mol. The van der Waals surface area contributed by atoms with Crippen LogP contribution >= 0.6 is 0 Å². The van der Waals surface area contributed by atoms with Crippen LogP contribution in [0.25, 0.3) is 16.9 Å². The number of halogens is 1. The number of nitrogens with one attached hydrogen (secondary N) is 2. The number of benzene rings is 1. The molecule has 0 spiro atoms. The van der Waals surface area contributed by atoms with E-state index < -0.39 is 0 Å². The van der Waals surface area contributed by atoms with Crippen LogP contribution in [0.1, 0.15) is 68.1 Å². The van der Waals surface area contributed by atoms with Crippen LogP contribution in [0.5, 0.6) is 0 Å². The fraction of sp³-hybridized carbons (Fsp3) is 0.462. The monoisotopic (exact) mass is 449 g/mol. The first-order chi connectivity index (χ1) is 16.1. The molecule has 174 valence electrons. The van der Waals surface area contributed by atoms with Gasteiger partial charge in [-0.05, 0) is 74.9 Å². The van der Waals surface area contributed by atoms with Gasteiger partial charge in [-0.15, -0.1) is 0 Å². The molecule has 3 aromatic rings. The van der Waals surface area contributed by atoms with Crippen molar-refractivity contribution in [1.82, 2.24) is 14.7 Å². The molecule has 0 radical (unpaired) electrons. The number of aromatic nitrogens is 2. The Kier molecular flexibility index (Phi) is 6.31. The first kappa shape index (κ1) is 21.9. The highest BCUT2D eigenvalue weighted by atomic mass is 19.1. The summed E-state index contributed by atoms with van der Waals surface area (Å²) in [7, 11) is 0. The number of amides is 1. The first-order valence-electron chi connectivity index (χ1n) is 12.2. The van der Waals surface area contributed by atoms with Gasteiger partial charge in [-0.1, -0.05) is 19.3 Å². The molecule has 6 nitrogen and oxygen atoms in total. The number of imidazole rings is 1. The fourth-order valence-electron chi connectivity index (χ4n) is 5.16. The second-order valence-electron chi connectivity index (χ2n) is 9.50. The highest BCUT2D eigenvalue weighted by molar-refractivity contribution is 6.01. The van der Waals surface area contributed by atoms with Crippen molar-refractivity contribution in [2.24, 2.45) is 5.73 Å². The Morgan fingerprint density at radius 1 is 0.970 bits per heavy atom. The number of pyridine rings is 1. The zero-order chi connectivity index (χ0) is 22.8. The van der Waals surface area contributed by atoms with Crippen LogP contribution in [0.4, 0.5) is 10.2 Å². The minimum absolute atomic E-state index is 0.110. The quantitative estimate of drug-likeness (QED) is 0.518. The number of nitrogens with two attached hydrogens (primary N) is 1. The van der Waals surface area contributed by atoms with Crippen LogP contribution in [0.2, 0.25) is 0 Å². The summed E-state index contributed by atoms with van der Waals surface area (Å²) < 4.78 is 15.6. The number of hydrogen-bond donors (Lipinski definition) is 3. The maximum absolute atomic E-state index is 13.6. The van der Waals surface area contributed by atoms with Crippen molar-refractivity contribution < 1.29 is 9.18 Å². The van der Waals surface area contributed by atoms with Crippen molar-refractivity contribution in [3.05, 3.63) is 54.0 Å². The lowest BCUT2D eigenvalue weighted by atomic mass is 9.91. The van der Waals surface area contributed by atoms with Gasteiger partial charge < -0.3 is 16.4 Å². The van der Waals surface area contributed by atoms with E-state index in [0.717, 1.165) is 55.6 Å². The summed E-state index contributed by atoms with van der Waals surface area (Å²) in [6.07, 6.45) is 11.5. The number of hydrogen-bond acceptors (Lipinski definition) is 4. The van der Waals surface area contributed by atoms with E-state index in [9.17, 15) is 9.18 Å². The average Bonchev–Trinajstić information content (AvgIpc) is 3.20. The van der Waals surface area contributed by atoms with E-state index in [2.05, 4.69) is 10.6 Å². The molecular formula is C26H32FN5O. The largest absolute Gasteiger partial charge is 0.367 e. The van der Waals surface area contributed by atoms with E-state index in [-0.39, 0.29) is 23.8 Å². The predicted octanol–water partition coefficient (Wildman–Crippen LogP) is 4.88. The van der Waals surface area contributed by atoms with Crippen LogP contribution in [0.3, 0.4) is 0 Å². The van der Waals surface area contributed by atoms with Gasteiger partial charge in [0.05, 0.1) is 5.56 Å². The lowest BCUT2D eigenvalue weighted by Crippen LogP contribution is -2.40. The number of carbonyl (C=O) groups excluding carboxylic acids is 1. The van der Waals surface area contributed by atoms with Gasteiger partial charge in [-0.2, -0.15) is 0 Å². The van der Waals surface area contributed by atoms with Crippen molar-refractivity contribution in [3.8, 4) is 11.3 Å². The molecule has 0 unspecified atom stereocenters. The molecule has 2 fully saturated rings. The van der Waals surface area contributed by atoms with E-state index in [1.807, 2.05) is 22.7 Å². The van der Waals surface area contributed by atoms with Crippen molar-refractivity contribution in [1.29, 1.82) is 0 Å². The Bertz CT molecular complexity index is 1110. The first-order valence-corrected chi connectivity index (χ1v) is 12.2. The summed E-state index contributed by atoms with van der Waals surface area (Å²) in [5.74, 6) is 0.472. The highest BCUT2D eigenvalue weighted by Crippen LogP contribution is 2.32. The third kappa shape index (κ3) is 4.74. The number of anilines is 1. The molecule has 4 N–H and O–H groups in total. The summed E-state index contributed by atoms with van der Waals surface area (Å²) in [4.78, 5) is 18.1. The number of nitrogens with zero attached hydrogens (tertiary/aromatic N) is 2. The SMILES string of the molecule is NC1CCC(NC(=O)c2cccn3c(NC4CCCCC4)c(-c4ccc(F)cc4)nc23)CC1. The average molecular weight is 450 g/mol. The third-order valence-corrected chi connectivity index (χ3v) is 7.07. The minimum Gasteiger partial charge on any atom is -0.367 e. The molecule has 1 amide bonds. The van der Waals surface area contributed by atoms with Gasteiger partial charge in [0.15, 0.2) is 5.65 Å². The lowest BCUT2D eigenvalue weighted by Gasteiger charge is -2.26. The molecule has 33 heavy (non-hydrogen) atoms. The van der Waals surface area contributed by atoms with Gasteiger partial charge in [-0.3, -0.25) is 9.20 Å². The topological polar surface area (TPSA) is 84.5 Å². The molecule has 5 rings (SSSR count). The fourth-order valence-corrected chi connectivity index (χ4v) is 5.16. The van der Waals surface area contributed by atoms with Gasteiger partial charge in [-0.25, -0.2) is 9.37 Å². The molecule has 7 heteroatoms. The van der Waals surface area contributed by atoms with E-state index in [1.54, 1.807) is 12.1 Å². The summed E-state index contributed by atoms with van der Waals surface area (Å²) in [6.45, 7) is 0. The number of carbonyl (C=O) groups is 1. The summed E-state index contributed by atoms with van der Waals surface area (Å²) >= 11 is 0. The van der Waals surface area contributed by atoms with Gasteiger partial charge in [0.1, 0.15) is 17.3 Å². The molecule has 2 saturated carbocycles. The van der Waals surface area contributed by atoms with Crippen LogP contribution in [0.15, 0.2) is 42.6 Å². The standard InChI is InChI=1S/C26H32FN5O/c27-18-10-8-17(9-11-18)23-25(29-20-5-2-1-3-6-20)32-16-4-7-22(24(32)31-23)26(33)30-21-14-12-19(28)13-15-21/h4,7-11,16,19-21,29H,1-3,5-6,12-15,28H2,(H,30,33). The molecule has 0 atom stereocenters. The minimum atomic E-state index is -0.281. The maximum Gasteiger partial charge on any atom is 0.255 e. The summed E-state index contributed by atoms with van der Waals surface area (Å²) in [6, 6.07) is 10.8. The van der Waals surface area contributed by atoms with Gasteiger partial charge in [0.25, 0.3) is 5.91 Å². The van der Waals surface area contributed by atoms with Crippen molar-refractivity contribution in [3.63, 3.8) is 0 Å². The van der Waals surface area contributed by atoms with Crippen molar-refractivity contribution in [2.75, 3.05) is 5.32 Å². The van der Waals surface area contributed by atoms with E-state index in [4.69, 9.17) is 10.7 Å². The summed E-state index contributed by atoms with van der Waals surface area (Å²) in [5.41, 5.74) is 8.74. The van der Waals surface area contributed by atoms with Crippen LogP contribution in [-0.2, 0) is 0 Å². The van der Waals surface area contributed by atoms with Crippen molar-refractivity contribution in [2.45, 2.75) is 75.9 Å². The van der Waals surface area contributed by atoms with Crippen LogP contribution in [-0.4, -0.2) is 33.4 Å². The Labute approximate surface area is 193 Å².